The van der Waals surface area contributed by atoms with Crippen LogP contribution in [0.5, 0.6) is 0 Å². The lowest BCUT2D eigenvalue weighted by Crippen LogP contribution is -2.63. The molecule has 4 heterocycles. The van der Waals surface area contributed by atoms with Crippen molar-refractivity contribution in [3.05, 3.63) is 35.7 Å². The smallest absolute Gasteiger partial charge is 0.308 e. The summed E-state index contributed by atoms with van der Waals surface area (Å²) >= 11 is 0. The molecular weight excluding hydrogens is 959 g/mol. The van der Waals surface area contributed by atoms with Gasteiger partial charge in [0.05, 0.1) is 55.7 Å². The van der Waals surface area contributed by atoms with Crippen molar-refractivity contribution >= 4 is 35.6 Å². The van der Waals surface area contributed by atoms with Crippen LogP contribution < -0.4 is 0 Å². The highest BCUT2D eigenvalue weighted by Gasteiger charge is 2.52. The van der Waals surface area contributed by atoms with Crippen LogP contribution >= 0.6 is 0 Å². The predicted molar refractivity (Wildman–Crippen MR) is 257 cm³/mol. The number of cyclic esters (lactones) is 1. The number of ketones is 1. The molecule has 1 aromatic heterocycles. The van der Waals surface area contributed by atoms with E-state index >= 15 is 0 Å². The van der Waals surface area contributed by atoms with E-state index in [4.69, 9.17) is 37.9 Å². The number of nitrogens with zero attached hydrogens (tertiary/aromatic N) is 5. The van der Waals surface area contributed by atoms with Crippen LogP contribution in [0.1, 0.15) is 93.7 Å². The van der Waals surface area contributed by atoms with Gasteiger partial charge in [0.2, 0.25) is 0 Å². The molecule has 2 saturated heterocycles. The summed E-state index contributed by atoms with van der Waals surface area (Å²) in [6, 6.07) is -0.784. The molecule has 4 N–H and O–H groups in total. The molecule has 4 rings (SSSR count). The first-order valence-corrected chi connectivity index (χ1v) is 24.9. The summed E-state index contributed by atoms with van der Waals surface area (Å²) in [7, 11) is 5.27. The summed E-state index contributed by atoms with van der Waals surface area (Å²) in [5.41, 5.74) is 1.17. The molecule has 0 aliphatic carbocycles. The topological polar surface area (TPSA) is 294 Å². The molecule has 412 valence electrons. The molecule has 1 aromatic rings. The Morgan fingerprint density at radius 2 is 1.47 bits per heavy atom. The zero-order chi connectivity index (χ0) is 54.4. The molecule has 0 saturated carbocycles. The summed E-state index contributed by atoms with van der Waals surface area (Å²) in [4.78, 5) is 79.8. The number of esters is 5. The first kappa shape index (κ1) is 60.8. The molecule has 3 aliphatic heterocycles. The molecule has 0 spiro atoms. The second kappa shape index (κ2) is 28.3. The van der Waals surface area contributed by atoms with Crippen LogP contribution in [-0.2, 0) is 79.8 Å². The standard InChI is InChI=1S/C50H79N5O18/c1-13-39-35(24-56)18-26(2)14-15-37(61)27(3)19-34(46(28(4)38(62)20-42(63)72-39)73-50-45(65)43(53(10)11)44(64)29(5)67-50)16-17-54(12)21-36-22-55(52-51-36)23-40-47(68-31(7)58)49(70-33(9)60)48(69-32(8)59)41(71-40)25-66-30(6)57/h14-15,18,22,27-29,34-35,38-41,43-50,56,62,64-65H,13,16-17,19-21,23-25H2,1-12H3/b15-14+,26-18+/t27-,28+,29-,34+,35-,38-,39-,40+,41-,43?,44?,45?,46-,47+,48-,49-,50+/m1/s1. The van der Waals surface area contributed by atoms with Gasteiger partial charge in [-0.25, -0.2) is 4.68 Å². The third kappa shape index (κ3) is 17.7. The van der Waals surface area contributed by atoms with Crippen molar-refractivity contribution in [2.24, 2.45) is 23.7 Å². The summed E-state index contributed by atoms with van der Waals surface area (Å²) < 4.78 is 48.2. The first-order valence-electron chi connectivity index (χ1n) is 24.9. The monoisotopic (exact) mass is 1040 g/mol. The lowest BCUT2D eigenvalue weighted by molar-refractivity contribution is -0.304. The van der Waals surface area contributed by atoms with Gasteiger partial charge in [-0.3, -0.25) is 28.8 Å². The van der Waals surface area contributed by atoms with E-state index in [0.717, 1.165) is 20.8 Å². The van der Waals surface area contributed by atoms with E-state index in [1.807, 2.05) is 18.9 Å². The van der Waals surface area contributed by atoms with E-state index in [1.165, 1.54) is 17.7 Å². The number of hydrogen-bond acceptors (Lipinski definition) is 22. The number of carbonyl (C=O) groups excluding carboxylic acids is 6. The van der Waals surface area contributed by atoms with Crippen molar-refractivity contribution in [3.8, 4) is 0 Å². The highest BCUT2D eigenvalue weighted by molar-refractivity contribution is 5.91. The minimum Gasteiger partial charge on any atom is -0.463 e. The highest BCUT2D eigenvalue weighted by atomic mass is 16.7. The first-order chi connectivity index (χ1) is 34.3. The van der Waals surface area contributed by atoms with Crippen molar-refractivity contribution in [1.82, 2.24) is 24.8 Å². The number of allylic oxidation sites excluding steroid dienone is 3. The highest BCUT2D eigenvalue weighted by Crippen LogP contribution is 2.35. The van der Waals surface area contributed by atoms with Crippen molar-refractivity contribution in [3.63, 3.8) is 0 Å². The molecule has 23 heteroatoms. The molecule has 73 heavy (non-hydrogen) atoms. The lowest BCUT2D eigenvalue weighted by atomic mass is 9.79. The number of rotatable bonds is 17. The number of aromatic nitrogens is 3. The maximum atomic E-state index is 13.9. The van der Waals surface area contributed by atoms with Crippen molar-refractivity contribution in [2.75, 3.05) is 40.9 Å². The van der Waals surface area contributed by atoms with Gasteiger partial charge in [0.15, 0.2) is 30.4 Å². The number of aliphatic hydroxyl groups is 4. The summed E-state index contributed by atoms with van der Waals surface area (Å²) in [6.45, 7) is 13.2. The summed E-state index contributed by atoms with van der Waals surface area (Å²) in [5.74, 6) is -6.25. The fourth-order valence-corrected chi connectivity index (χ4v) is 9.75. The Morgan fingerprint density at radius 3 is 2.05 bits per heavy atom. The lowest BCUT2D eigenvalue weighted by Gasteiger charge is -2.46. The molecule has 3 aliphatic rings. The van der Waals surface area contributed by atoms with Gasteiger partial charge in [0, 0.05) is 58.2 Å². The van der Waals surface area contributed by atoms with Gasteiger partial charge in [-0.2, -0.15) is 0 Å². The van der Waals surface area contributed by atoms with Crippen LogP contribution in [0.3, 0.4) is 0 Å². The third-order valence-electron chi connectivity index (χ3n) is 13.5. The normalized spacial score (nSPS) is 35.1. The minimum absolute atomic E-state index is 0.110. The zero-order valence-corrected chi connectivity index (χ0v) is 44.2. The SMILES string of the molecule is CC[C@H]1OC(=O)C[C@@H](O)[C@H](C)[C@@H](O[C@@H]2O[C@H](C)C(O)C(N(C)C)C2O)[C@@H](CCN(C)Cc2cn(C[C@@H]3O[C@H](COC(C)=O)[C@@H](OC(C)=O)[C@H](OC(C)=O)[C@H]3OC(C)=O)nn2)C[C@@H](C)C(=O)/C=C/C(C)=C/[C@@H]1CO. The van der Waals surface area contributed by atoms with Crippen LogP contribution in [0.15, 0.2) is 30.0 Å². The number of aliphatic hydroxyl groups excluding tert-OH is 4. The number of carbonyl (C=O) groups is 6. The minimum atomic E-state index is -1.36. The van der Waals surface area contributed by atoms with Gasteiger partial charge >= 0.3 is 29.8 Å². The fourth-order valence-electron chi connectivity index (χ4n) is 9.75. The maximum Gasteiger partial charge on any atom is 0.308 e. The van der Waals surface area contributed by atoms with Crippen LogP contribution in [0.2, 0.25) is 0 Å². The second-order valence-corrected chi connectivity index (χ2v) is 19.9. The number of likely N-dealkylation sites (N-methyl/N-ethyl adjacent to an activating group) is 1. The van der Waals surface area contributed by atoms with E-state index in [-0.39, 0.29) is 31.9 Å². The van der Waals surface area contributed by atoms with Gasteiger partial charge < -0.3 is 68.1 Å². The predicted octanol–water partition coefficient (Wildman–Crippen LogP) is 1.05. The van der Waals surface area contributed by atoms with Crippen molar-refractivity contribution in [2.45, 2.75) is 181 Å². The van der Waals surface area contributed by atoms with E-state index in [0.29, 0.717) is 30.7 Å². The number of hydrogen-bond donors (Lipinski definition) is 4. The van der Waals surface area contributed by atoms with Crippen molar-refractivity contribution < 1.29 is 87.1 Å². The van der Waals surface area contributed by atoms with Crippen LogP contribution in [0.25, 0.3) is 0 Å². The van der Waals surface area contributed by atoms with Gasteiger partial charge in [-0.15, -0.1) is 5.10 Å². The molecule has 0 amide bonds. The quantitative estimate of drug-likeness (QED) is 0.125. The van der Waals surface area contributed by atoms with E-state index < -0.39 is 146 Å². The zero-order valence-electron chi connectivity index (χ0n) is 44.2. The average molecular weight is 1040 g/mol. The molecule has 0 aromatic carbocycles. The Morgan fingerprint density at radius 1 is 0.836 bits per heavy atom. The Hall–Kier alpha value is -4.72. The van der Waals surface area contributed by atoms with Crippen molar-refractivity contribution in [1.29, 1.82) is 0 Å². The van der Waals surface area contributed by atoms with Gasteiger partial charge in [-0.1, -0.05) is 43.7 Å². The molecule has 0 bridgehead atoms. The molecule has 3 unspecified atom stereocenters. The van der Waals surface area contributed by atoms with Gasteiger partial charge in [0.1, 0.15) is 31.0 Å². The van der Waals surface area contributed by atoms with Crippen LogP contribution in [0, 0.1) is 23.7 Å². The molecule has 2 fully saturated rings. The van der Waals surface area contributed by atoms with E-state index in [2.05, 4.69) is 10.3 Å². The summed E-state index contributed by atoms with van der Waals surface area (Å²) in [5, 5.41) is 53.4. The fraction of sp³-hybridized carbons (Fsp3) is 0.760. The third-order valence-corrected chi connectivity index (χ3v) is 13.5. The van der Waals surface area contributed by atoms with E-state index in [1.54, 1.807) is 65.0 Å². The van der Waals surface area contributed by atoms with Crippen LogP contribution in [0.4, 0.5) is 0 Å². The van der Waals surface area contributed by atoms with Gasteiger partial charge in [-0.05, 0) is 72.8 Å². The molecule has 23 nitrogen and oxygen atoms in total. The number of ether oxygens (including phenoxy) is 8. The Balaban J connectivity index is 1.66. The van der Waals surface area contributed by atoms with Gasteiger partial charge in [0.25, 0.3) is 0 Å². The maximum absolute atomic E-state index is 13.9. The molecule has 17 atom stereocenters. The summed E-state index contributed by atoms with van der Waals surface area (Å²) in [6.07, 6.45) is -6.56. The average Bonchev–Trinajstić information content (AvgIpc) is 3.74. The van der Waals surface area contributed by atoms with Crippen LogP contribution in [-0.4, -0.2) is 201 Å². The molecular formula is C50H79N5O18. The van der Waals surface area contributed by atoms with E-state index in [9.17, 15) is 49.2 Å². The Bertz CT molecular complexity index is 2070. The Labute approximate surface area is 427 Å². The molecule has 0 radical (unpaired) electrons. The second-order valence-electron chi connectivity index (χ2n) is 19.9. The Kier molecular flexibility index (Phi) is 23.5. The largest absolute Gasteiger partial charge is 0.463 e.